The summed E-state index contributed by atoms with van der Waals surface area (Å²) in [5.74, 6) is 0. The number of allylic oxidation sites excluding steroid dienone is 2. The van der Waals surface area contributed by atoms with Crippen molar-refractivity contribution in [2.75, 3.05) is 6.54 Å². The highest BCUT2D eigenvalue weighted by Crippen LogP contribution is 2.08. The third-order valence-electron chi connectivity index (χ3n) is 1.36. The molecule has 8 heavy (non-hydrogen) atoms. The van der Waals surface area contributed by atoms with Crippen molar-refractivity contribution >= 4 is 5.71 Å². The molecule has 0 radical (unpaired) electrons. The van der Waals surface area contributed by atoms with E-state index in [1.165, 1.54) is 11.3 Å². The summed E-state index contributed by atoms with van der Waals surface area (Å²) in [5.41, 5.74) is 2.79. The predicted molar refractivity (Wildman–Crippen MR) is 36.4 cm³/mol. The van der Waals surface area contributed by atoms with Crippen LogP contribution in [0, 0.1) is 0 Å². The van der Waals surface area contributed by atoms with E-state index in [2.05, 4.69) is 24.9 Å². The summed E-state index contributed by atoms with van der Waals surface area (Å²) in [6.45, 7) is 5.23. The molecule has 1 aliphatic heterocycles. The molecule has 0 N–H and O–H groups in total. The van der Waals surface area contributed by atoms with Crippen molar-refractivity contribution in [3.8, 4) is 0 Å². The third kappa shape index (κ3) is 1.49. The minimum atomic E-state index is 1.02. The predicted octanol–water partition coefficient (Wildman–Crippen LogP) is 1.80. The van der Waals surface area contributed by atoms with Gasteiger partial charge in [0.2, 0.25) is 0 Å². The smallest absolute Gasteiger partial charge is 0.0771 e. The van der Waals surface area contributed by atoms with Gasteiger partial charge in [-0.3, -0.25) is 4.99 Å². The van der Waals surface area contributed by atoms with Crippen molar-refractivity contribution in [1.29, 1.82) is 0 Å². The first-order valence-electron chi connectivity index (χ1n) is 2.97. The molecule has 1 aliphatic rings. The highest BCUT2D eigenvalue weighted by atomic mass is 14.9. The van der Waals surface area contributed by atoms with E-state index in [-0.39, 0.29) is 0 Å². The lowest BCUT2D eigenvalue weighted by atomic mass is 10.2. The number of hydrogen-bond donors (Lipinski definition) is 0. The van der Waals surface area contributed by atoms with Crippen molar-refractivity contribution < 1.29 is 0 Å². The van der Waals surface area contributed by atoms with Gasteiger partial charge in [0.25, 0.3) is 0 Å². The Hall–Kier alpha value is -0.590. The SMILES string of the molecule is C/C=C(\C)CC1=NC1. The van der Waals surface area contributed by atoms with Crippen LogP contribution in [0.5, 0.6) is 0 Å². The van der Waals surface area contributed by atoms with E-state index in [1.54, 1.807) is 0 Å². The number of hydrogen-bond acceptors (Lipinski definition) is 1. The molecule has 1 nitrogen and oxygen atoms in total. The van der Waals surface area contributed by atoms with Gasteiger partial charge < -0.3 is 0 Å². The van der Waals surface area contributed by atoms with E-state index in [0.717, 1.165) is 13.0 Å². The molecule has 44 valence electrons. The van der Waals surface area contributed by atoms with Crippen molar-refractivity contribution in [3.63, 3.8) is 0 Å². The van der Waals surface area contributed by atoms with E-state index in [1.807, 2.05) is 0 Å². The Bertz CT molecular complexity index is 142. The first-order chi connectivity index (χ1) is 3.83. The Morgan fingerprint density at radius 1 is 1.88 bits per heavy atom. The van der Waals surface area contributed by atoms with Gasteiger partial charge in [-0.05, 0) is 13.8 Å². The van der Waals surface area contributed by atoms with Gasteiger partial charge in [-0.25, -0.2) is 0 Å². The van der Waals surface area contributed by atoms with Crippen LogP contribution < -0.4 is 0 Å². The summed E-state index contributed by atoms with van der Waals surface area (Å²) in [4.78, 5) is 4.07. The summed E-state index contributed by atoms with van der Waals surface area (Å²) in [7, 11) is 0. The average molecular weight is 109 g/mol. The lowest BCUT2D eigenvalue weighted by molar-refractivity contribution is 1.27. The first-order valence-corrected chi connectivity index (χ1v) is 2.97. The molecule has 0 saturated carbocycles. The van der Waals surface area contributed by atoms with Gasteiger partial charge in [-0.2, -0.15) is 0 Å². The zero-order chi connectivity index (χ0) is 5.98. The molecule has 0 saturated heterocycles. The summed E-state index contributed by atoms with van der Waals surface area (Å²) < 4.78 is 0. The minimum absolute atomic E-state index is 1.02. The van der Waals surface area contributed by atoms with Gasteiger partial charge in [0, 0.05) is 12.1 Å². The van der Waals surface area contributed by atoms with Crippen LogP contribution in [0.1, 0.15) is 20.3 Å². The Labute approximate surface area is 50.1 Å². The van der Waals surface area contributed by atoms with Gasteiger partial charge in [-0.15, -0.1) is 0 Å². The Morgan fingerprint density at radius 3 is 2.88 bits per heavy atom. The molecule has 0 aromatic carbocycles. The lowest BCUT2D eigenvalue weighted by Crippen LogP contribution is -1.82. The monoisotopic (exact) mass is 109 g/mol. The third-order valence-corrected chi connectivity index (χ3v) is 1.36. The molecular formula is C7H11N. The van der Waals surface area contributed by atoms with Crippen LogP contribution in [0.3, 0.4) is 0 Å². The van der Waals surface area contributed by atoms with E-state index in [4.69, 9.17) is 0 Å². The normalized spacial score (nSPS) is 18.2. The topological polar surface area (TPSA) is 12.4 Å². The van der Waals surface area contributed by atoms with E-state index in [0.29, 0.717) is 0 Å². The molecular weight excluding hydrogens is 98.1 g/mol. The van der Waals surface area contributed by atoms with Gasteiger partial charge >= 0.3 is 0 Å². The van der Waals surface area contributed by atoms with Crippen molar-refractivity contribution in [2.24, 2.45) is 4.99 Å². The van der Waals surface area contributed by atoms with Gasteiger partial charge in [-0.1, -0.05) is 11.6 Å². The van der Waals surface area contributed by atoms with E-state index in [9.17, 15) is 0 Å². The van der Waals surface area contributed by atoms with Gasteiger partial charge in [0.15, 0.2) is 0 Å². The summed E-state index contributed by atoms with van der Waals surface area (Å²) in [6, 6.07) is 0. The maximum Gasteiger partial charge on any atom is 0.0771 e. The van der Waals surface area contributed by atoms with Crippen molar-refractivity contribution in [1.82, 2.24) is 0 Å². The fourth-order valence-corrected chi connectivity index (χ4v) is 0.592. The van der Waals surface area contributed by atoms with Crippen LogP contribution in [0.15, 0.2) is 16.6 Å². The van der Waals surface area contributed by atoms with Crippen molar-refractivity contribution in [3.05, 3.63) is 11.6 Å². The molecule has 0 aromatic heterocycles. The second kappa shape index (κ2) is 2.12. The van der Waals surface area contributed by atoms with Gasteiger partial charge in [0.05, 0.1) is 6.54 Å². The molecule has 0 fully saturated rings. The van der Waals surface area contributed by atoms with Gasteiger partial charge in [0.1, 0.15) is 0 Å². The molecule has 0 aliphatic carbocycles. The van der Waals surface area contributed by atoms with Crippen LogP contribution in [0.25, 0.3) is 0 Å². The van der Waals surface area contributed by atoms with Crippen LogP contribution in [-0.2, 0) is 0 Å². The summed E-state index contributed by atoms with van der Waals surface area (Å²) in [6.07, 6.45) is 3.25. The second-order valence-corrected chi connectivity index (χ2v) is 2.19. The average Bonchev–Trinajstić information content (AvgIpc) is 2.50. The van der Waals surface area contributed by atoms with Crippen molar-refractivity contribution in [2.45, 2.75) is 20.3 Å². The Morgan fingerprint density at radius 2 is 2.50 bits per heavy atom. The first kappa shape index (κ1) is 5.54. The largest absolute Gasteiger partial charge is 0.286 e. The minimum Gasteiger partial charge on any atom is -0.286 e. The fraction of sp³-hybridized carbons (Fsp3) is 0.571. The van der Waals surface area contributed by atoms with Crippen LogP contribution in [-0.4, -0.2) is 12.3 Å². The molecule has 0 atom stereocenters. The number of rotatable bonds is 2. The summed E-state index contributed by atoms with van der Waals surface area (Å²) >= 11 is 0. The summed E-state index contributed by atoms with van der Waals surface area (Å²) in [5, 5.41) is 0. The fourth-order valence-electron chi connectivity index (χ4n) is 0.592. The molecule has 1 heterocycles. The van der Waals surface area contributed by atoms with Crippen LogP contribution in [0.2, 0.25) is 0 Å². The quantitative estimate of drug-likeness (QED) is 0.479. The zero-order valence-corrected chi connectivity index (χ0v) is 5.44. The maximum atomic E-state index is 4.07. The van der Waals surface area contributed by atoms with Crippen LogP contribution >= 0.6 is 0 Å². The molecule has 0 aromatic rings. The molecule has 0 spiro atoms. The highest BCUT2D eigenvalue weighted by molar-refractivity contribution is 5.98. The zero-order valence-electron chi connectivity index (χ0n) is 5.44. The lowest BCUT2D eigenvalue weighted by Gasteiger charge is -1.88. The molecule has 0 bridgehead atoms. The molecule has 1 heteroatoms. The number of aliphatic imine (C=N–C) groups is 1. The standard InChI is InChI=1S/C7H11N/c1-3-6(2)4-7-5-8-7/h3H,4-5H2,1-2H3/b6-3+. The Balaban J connectivity index is 2.27. The second-order valence-electron chi connectivity index (χ2n) is 2.19. The Kier molecular flexibility index (Phi) is 1.47. The highest BCUT2D eigenvalue weighted by Gasteiger charge is 2.08. The van der Waals surface area contributed by atoms with Crippen LogP contribution in [0.4, 0.5) is 0 Å². The molecule has 1 rings (SSSR count). The van der Waals surface area contributed by atoms with E-state index >= 15 is 0 Å². The van der Waals surface area contributed by atoms with E-state index < -0.39 is 0 Å². The molecule has 0 unspecified atom stereocenters. The number of nitrogens with zero attached hydrogens (tertiary/aromatic N) is 1. The molecule has 0 amide bonds. The maximum absolute atomic E-state index is 4.07.